The lowest BCUT2D eigenvalue weighted by atomic mass is 9.58. The van der Waals surface area contributed by atoms with Gasteiger partial charge in [0.2, 0.25) is 0 Å². The molecule has 3 heteroatoms. The molecule has 0 amide bonds. The van der Waals surface area contributed by atoms with E-state index in [2.05, 4.69) is 88.0 Å². The summed E-state index contributed by atoms with van der Waals surface area (Å²) in [5, 5.41) is 0. The van der Waals surface area contributed by atoms with Gasteiger partial charge in [-0.25, -0.2) is 0 Å². The van der Waals surface area contributed by atoms with Crippen molar-refractivity contribution in [2.75, 3.05) is 38.2 Å². The first-order chi connectivity index (χ1) is 12.3. The number of halogens is 1. The second-order valence-corrected chi connectivity index (χ2v) is 7.42. The van der Waals surface area contributed by atoms with E-state index in [1.807, 2.05) is 4.93 Å². The molecule has 1 saturated heterocycles. The van der Waals surface area contributed by atoms with Crippen LogP contribution in [0.25, 0.3) is 0 Å². The molecule has 0 aromatic heterocycles. The summed E-state index contributed by atoms with van der Waals surface area (Å²) in [4.78, 5) is 7.21. The Labute approximate surface area is 165 Å². The van der Waals surface area contributed by atoms with Gasteiger partial charge in [0, 0.05) is 32.1 Å². The van der Waals surface area contributed by atoms with Crippen molar-refractivity contribution < 1.29 is 0 Å². The van der Waals surface area contributed by atoms with Crippen molar-refractivity contribution in [2.24, 2.45) is 0 Å². The van der Waals surface area contributed by atoms with Crippen molar-refractivity contribution in [3.05, 3.63) is 70.8 Å². The van der Waals surface area contributed by atoms with E-state index in [4.69, 9.17) is 0 Å². The van der Waals surface area contributed by atoms with Crippen molar-refractivity contribution >= 4 is 22.6 Å². The number of alkyl halides is 1. The first kappa shape index (κ1) is 17.5. The standard InChI is InChI=1S/C21H24N2.CH3I/c1-22-12-14-23(15-13-22)21-11-10-16(17-6-2-4-8-19(17)21)18-7-3-5-9-20(18)21;1-2/h2-9,16H,10-15H2,1H3;1H3. The summed E-state index contributed by atoms with van der Waals surface area (Å²) in [5.74, 6) is 0.608. The zero-order valence-corrected chi connectivity index (χ0v) is 17.4. The van der Waals surface area contributed by atoms with Gasteiger partial charge in [-0.3, -0.25) is 4.90 Å². The zero-order chi connectivity index (χ0) is 17.4. The van der Waals surface area contributed by atoms with Gasteiger partial charge in [0.05, 0.1) is 5.54 Å². The van der Waals surface area contributed by atoms with Gasteiger partial charge in [-0.15, -0.1) is 0 Å². The Morgan fingerprint density at radius 2 is 1.36 bits per heavy atom. The fourth-order valence-electron chi connectivity index (χ4n) is 5.29. The maximum absolute atomic E-state index is 2.78. The molecular formula is C22H27IN2. The van der Waals surface area contributed by atoms with Gasteiger partial charge in [-0.05, 0) is 47.1 Å². The summed E-state index contributed by atoms with van der Waals surface area (Å²) >= 11 is 2.15. The maximum Gasteiger partial charge on any atom is 0.0722 e. The van der Waals surface area contributed by atoms with Crippen LogP contribution in [0.5, 0.6) is 0 Å². The number of fused-ring (bicyclic) bond motifs is 1. The third-order valence-corrected chi connectivity index (χ3v) is 6.40. The largest absolute Gasteiger partial charge is 0.304 e. The van der Waals surface area contributed by atoms with Gasteiger partial charge in [0.1, 0.15) is 0 Å². The highest BCUT2D eigenvalue weighted by atomic mass is 127. The van der Waals surface area contributed by atoms with Crippen molar-refractivity contribution in [1.29, 1.82) is 0 Å². The van der Waals surface area contributed by atoms with Crippen LogP contribution in [-0.4, -0.2) is 48.0 Å². The van der Waals surface area contributed by atoms with E-state index in [0.717, 1.165) is 0 Å². The summed E-state index contributed by atoms with van der Waals surface area (Å²) in [7, 11) is 2.24. The number of likely N-dealkylation sites (N-methyl/N-ethyl adjacent to an activating group) is 1. The van der Waals surface area contributed by atoms with Crippen molar-refractivity contribution in [3.8, 4) is 0 Å². The Balaban J connectivity index is 0.000000758. The second-order valence-electron chi connectivity index (χ2n) is 7.42. The average molecular weight is 446 g/mol. The molecule has 4 aliphatic rings. The molecule has 2 bridgehead atoms. The average Bonchev–Trinajstić information content (AvgIpc) is 2.70. The SMILES string of the molecule is CI.CN1CCN(C23CCC(c4ccccc42)c2ccccc23)CC1. The molecule has 0 spiro atoms. The van der Waals surface area contributed by atoms with E-state index in [1.165, 1.54) is 39.0 Å². The molecule has 2 nitrogen and oxygen atoms in total. The van der Waals surface area contributed by atoms with E-state index in [-0.39, 0.29) is 5.54 Å². The van der Waals surface area contributed by atoms with Crippen molar-refractivity contribution in [2.45, 2.75) is 24.3 Å². The van der Waals surface area contributed by atoms with E-state index in [1.54, 1.807) is 22.3 Å². The summed E-state index contributed by atoms with van der Waals surface area (Å²) in [6, 6.07) is 18.5. The van der Waals surface area contributed by atoms with Gasteiger partial charge in [0.15, 0.2) is 0 Å². The fraction of sp³-hybridized carbons (Fsp3) is 0.455. The highest BCUT2D eigenvalue weighted by molar-refractivity contribution is 14.1. The van der Waals surface area contributed by atoms with Gasteiger partial charge < -0.3 is 4.90 Å². The van der Waals surface area contributed by atoms with E-state index < -0.39 is 0 Å². The molecular weight excluding hydrogens is 419 g/mol. The molecule has 0 unspecified atom stereocenters. The monoisotopic (exact) mass is 446 g/mol. The lowest BCUT2D eigenvalue weighted by Gasteiger charge is -2.56. The van der Waals surface area contributed by atoms with E-state index in [9.17, 15) is 0 Å². The van der Waals surface area contributed by atoms with Crippen LogP contribution in [0.4, 0.5) is 0 Å². The Morgan fingerprint density at radius 3 is 1.92 bits per heavy atom. The van der Waals surface area contributed by atoms with Crippen molar-refractivity contribution in [1.82, 2.24) is 9.80 Å². The molecule has 2 aromatic carbocycles. The Hall–Kier alpha value is -0.910. The zero-order valence-electron chi connectivity index (χ0n) is 15.2. The van der Waals surface area contributed by atoms with Crippen LogP contribution in [0, 0.1) is 0 Å². The van der Waals surface area contributed by atoms with E-state index in [0.29, 0.717) is 5.92 Å². The Bertz CT molecular complexity index is 702. The highest BCUT2D eigenvalue weighted by Gasteiger charge is 2.51. The number of benzene rings is 2. The quantitative estimate of drug-likeness (QED) is 0.471. The van der Waals surface area contributed by atoms with Crippen LogP contribution in [-0.2, 0) is 5.54 Å². The Kier molecular flexibility index (Phi) is 4.91. The van der Waals surface area contributed by atoms with Crippen molar-refractivity contribution in [3.63, 3.8) is 0 Å². The lowest BCUT2D eigenvalue weighted by Crippen LogP contribution is -2.58. The molecule has 6 rings (SSSR count). The van der Waals surface area contributed by atoms with Gasteiger partial charge in [0.25, 0.3) is 0 Å². The molecule has 0 radical (unpaired) electrons. The molecule has 0 N–H and O–H groups in total. The number of hydrogen-bond donors (Lipinski definition) is 0. The molecule has 132 valence electrons. The van der Waals surface area contributed by atoms with Gasteiger partial charge in [-0.2, -0.15) is 0 Å². The van der Waals surface area contributed by atoms with Gasteiger partial charge in [-0.1, -0.05) is 71.1 Å². The number of hydrogen-bond acceptors (Lipinski definition) is 2. The summed E-state index contributed by atoms with van der Waals surface area (Å²) < 4.78 is 0. The molecule has 1 aliphatic heterocycles. The fourth-order valence-corrected chi connectivity index (χ4v) is 5.29. The second kappa shape index (κ2) is 7.01. The number of piperazine rings is 1. The highest BCUT2D eigenvalue weighted by Crippen LogP contribution is 2.57. The first-order valence-corrected chi connectivity index (χ1v) is 11.5. The van der Waals surface area contributed by atoms with Crippen LogP contribution in [0.15, 0.2) is 48.5 Å². The molecule has 1 heterocycles. The van der Waals surface area contributed by atoms with Crippen LogP contribution in [0.1, 0.15) is 41.0 Å². The number of nitrogens with zero attached hydrogens (tertiary/aromatic N) is 2. The predicted octanol–water partition coefficient (Wildman–Crippen LogP) is 4.47. The van der Waals surface area contributed by atoms with Crippen LogP contribution in [0.2, 0.25) is 0 Å². The molecule has 25 heavy (non-hydrogen) atoms. The first-order valence-electron chi connectivity index (χ1n) is 9.31. The molecule has 0 atom stereocenters. The third-order valence-electron chi connectivity index (χ3n) is 6.40. The minimum atomic E-state index is 0.114. The topological polar surface area (TPSA) is 6.48 Å². The Morgan fingerprint density at radius 1 is 0.840 bits per heavy atom. The molecule has 1 fully saturated rings. The molecule has 2 aromatic rings. The minimum absolute atomic E-state index is 0.114. The minimum Gasteiger partial charge on any atom is -0.304 e. The predicted molar refractivity (Wildman–Crippen MR) is 114 cm³/mol. The molecule has 0 saturated carbocycles. The van der Waals surface area contributed by atoms with Crippen LogP contribution >= 0.6 is 22.6 Å². The van der Waals surface area contributed by atoms with Gasteiger partial charge >= 0.3 is 0 Å². The smallest absolute Gasteiger partial charge is 0.0722 e. The lowest BCUT2D eigenvalue weighted by molar-refractivity contribution is 0.0429. The number of rotatable bonds is 1. The van der Waals surface area contributed by atoms with E-state index >= 15 is 0 Å². The summed E-state index contributed by atoms with van der Waals surface area (Å²) in [6.45, 7) is 4.69. The third kappa shape index (κ3) is 2.58. The molecule has 3 aliphatic carbocycles. The van der Waals surface area contributed by atoms with Crippen LogP contribution in [0.3, 0.4) is 0 Å². The van der Waals surface area contributed by atoms with Crippen LogP contribution < -0.4 is 0 Å². The maximum atomic E-state index is 2.78. The normalized spacial score (nSPS) is 27.9. The summed E-state index contributed by atoms with van der Waals surface area (Å²) in [6.07, 6.45) is 2.57. The summed E-state index contributed by atoms with van der Waals surface area (Å²) in [5.41, 5.74) is 6.44.